The van der Waals surface area contributed by atoms with E-state index in [1.807, 2.05) is 10.8 Å². The van der Waals surface area contributed by atoms with Gasteiger partial charge >= 0.3 is 0 Å². The van der Waals surface area contributed by atoms with Gasteiger partial charge in [0.05, 0.1) is 10.6 Å². The number of nitrogens with zero attached hydrogens (tertiary/aromatic N) is 1. The highest BCUT2D eigenvalue weighted by molar-refractivity contribution is 9.10. The van der Waals surface area contributed by atoms with Gasteiger partial charge in [0.15, 0.2) is 0 Å². The maximum atomic E-state index is 12.7. The van der Waals surface area contributed by atoms with Crippen molar-refractivity contribution in [2.45, 2.75) is 24.8 Å². The number of anilines is 1. The van der Waals surface area contributed by atoms with E-state index in [0.29, 0.717) is 22.3 Å². The summed E-state index contributed by atoms with van der Waals surface area (Å²) < 4.78 is 27.8. The third kappa shape index (κ3) is 4.88. The Morgan fingerprint density at radius 3 is 2.43 bits per heavy atom. The molecule has 8 nitrogen and oxygen atoms in total. The molecule has 1 saturated heterocycles. The molecular weight excluding hydrogens is 474 g/mol. The van der Waals surface area contributed by atoms with Crippen molar-refractivity contribution in [1.82, 2.24) is 10.0 Å². The summed E-state index contributed by atoms with van der Waals surface area (Å²) in [5.41, 5.74) is 1.35. The van der Waals surface area contributed by atoms with Gasteiger partial charge in [-0.1, -0.05) is 24.3 Å². The lowest BCUT2D eigenvalue weighted by Crippen LogP contribution is -2.39. The molecule has 1 aliphatic rings. The van der Waals surface area contributed by atoms with E-state index in [4.69, 9.17) is 0 Å². The third-order valence-electron chi connectivity index (χ3n) is 4.68. The Balaban J connectivity index is 1.68. The van der Waals surface area contributed by atoms with Crippen molar-refractivity contribution in [2.24, 2.45) is 5.92 Å². The zero-order valence-corrected chi connectivity index (χ0v) is 18.5. The molecule has 1 aliphatic heterocycles. The number of hydrogen-bond donors (Lipinski definition) is 2. The molecule has 0 radical (unpaired) electrons. The Morgan fingerprint density at radius 2 is 1.80 bits per heavy atom. The number of carbonyl (C=O) groups is 3. The van der Waals surface area contributed by atoms with Gasteiger partial charge in [-0.2, -0.15) is 0 Å². The van der Waals surface area contributed by atoms with Gasteiger partial charge in [-0.15, -0.1) is 0 Å². The number of rotatable bonds is 6. The van der Waals surface area contributed by atoms with Crippen molar-refractivity contribution in [3.8, 4) is 0 Å². The van der Waals surface area contributed by atoms with Crippen LogP contribution in [0.15, 0.2) is 57.9 Å². The third-order valence-corrected chi connectivity index (χ3v) is 6.71. The lowest BCUT2D eigenvalue weighted by Gasteiger charge is -2.18. The SMILES string of the molecule is CC(=O)NCc1ccc(S(=O)(=O)NC(=O)[C@@H]2CCN(c3ccccc3Br)C2=O)cc1. The first-order valence-electron chi connectivity index (χ1n) is 9.15. The van der Waals surface area contributed by atoms with E-state index in [2.05, 4.69) is 21.2 Å². The lowest BCUT2D eigenvalue weighted by atomic mass is 10.1. The van der Waals surface area contributed by atoms with Crippen LogP contribution in [0.25, 0.3) is 0 Å². The Labute approximate surface area is 182 Å². The molecule has 2 aromatic carbocycles. The van der Waals surface area contributed by atoms with Crippen LogP contribution in [0.3, 0.4) is 0 Å². The Kier molecular flexibility index (Phi) is 6.57. The quantitative estimate of drug-likeness (QED) is 0.597. The number of halogens is 1. The largest absolute Gasteiger partial charge is 0.352 e. The zero-order valence-electron chi connectivity index (χ0n) is 16.1. The molecule has 0 bridgehead atoms. The summed E-state index contributed by atoms with van der Waals surface area (Å²) in [6, 6.07) is 12.9. The van der Waals surface area contributed by atoms with E-state index < -0.39 is 27.8 Å². The monoisotopic (exact) mass is 493 g/mol. The first-order valence-corrected chi connectivity index (χ1v) is 11.4. The van der Waals surface area contributed by atoms with Gasteiger partial charge in [-0.05, 0) is 52.2 Å². The molecule has 158 valence electrons. The van der Waals surface area contributed by atoms with Gasteiger partial charge < -0.3 is 10.2 Å². The van der Waals surface area contributed by atoms with E-state index in [1.165, 1.54) is 24.0 Å². The second-order valence-electron chi connectivity index (χ2n) is 6.81. The van der Waals surface area contributed by atoms with Crippen LogP contribution in [-0.2, 0) is 31.0 Å². The summed E-state index contributed by atoms with van der Waals surface area (Å²) >= 11 is 3.38. The number of nitrogens with one attached hydrogen (secondary N) is 2. The minimum Gasteiger partial charge on any atom is -0.352 e. The first-order chi connectivity index (χ1) is 14.2. The zero-order chi connectivity index (χ0) is 21.9. The van der Waals surface area contributed by atoms with Gasteiger partial charge in [0.2, 0.25) is 17.7 Å². The summed E-state index contributed by atoms with van der Waals surface area (Å²) in [5, 5.41) is 2.61. The van der Waals surface area contributed by atoms with Crippen LogP contribution in [-0.4, -0.2) is 32.7 Å². The fourth-order valence-corrected chi connectivity index (χ4v) is 4.63. The minimum absolute atomic E-state index is 0.101. The Morgan fingerprint density at radius 1 is 1.13 bits per heavy atom. The summed E-state index contributed by atoms with van der Waals surface area (Å²) in [7, 11) is -4.13. The minimum atomic E-state index is -4.13. The molecular formula is C20H20BrN3O5S. The number of hydrogen-bond acceptors (Lipinski definition) is 5. The van der Waals surface area contributed by atoms with Crippen molar-refractivity contribution in [3.05, 3.63) is 58.6 Å². The molecule has 1 fully saturated rings. The summed E-state index contributed by atoms with van der Waals surface area (Å²) in [4.78, 5) is 37.6. The van der Waals surface area contributed by atoms with Crippen LogP contribution in [0.4, 0.5) is 5.69 Å². The van der Waals surface area contributed by atoms with Crippen LogP contribution in [0, 0.1) is 5.92 Å². The predicted octanol–water partition coefficient (Wildman–Crippen LogP) is 1.94. The average Bonchev–Trinajstić information content (AvgIpc) is 3.08. The Bertz CT molecular complexity index is 1090. The van der Waals surface area contributed by atoms with Gasteiger partial charge in [0.25, 0.3) is 10.0 Å². The predicted molar refractivity (Wildman–Crippen MR) is 114 cm³/mol. The lowest BCUT2D eigenvalue weighted by molar-refractivity contribution is -0.131. The number of para-hydroxylation sites is 1. The molecule has 3 amide bonds. The standard InChI is InChI=1S/C20H20BrN3O5S/c1-13(25)22-12-14-6-8-15(9-7-14)30(28,29)23-19(26)16-10-11-24(20(16)27)18-5-3-2-4-17(18)21/h2-9,16H,10-12H2,1H3,(H,22,25)(H,23,26)/t16-/m0/s1. The summed E-state index contributed by atoms with van der Waals surface area (Å²) in [5.74, 6) is -2.57. The summed E-state index contributed by atoms with van der Waals surface area (Å²) in [6.07, 6.45) is 0.219. The molecule has 0 spiro atoms. The molecule has 0 saturated carbocycles. The highest BCUT2D eigenvalue weighted by Gasteiger charge is 2.39. The molecule has 2 N–H and O–H groups in total. The van der Waals surface area contributed by atoms with E-state index >= 15 is 0 Å². The first kappa shape index (κ1) is 22.0. The highest BCUT2D eigenvalue weighted by atomic mass is 79.9. The van der Waals surface area contributed by atoms with Gasteiger partial charge in [0, 0.05) is 24.5 Å². The molecule has 3 rings (SSSR count). The summed E-state index contributed by atoms with van der Waals surface area (Å²) in [6.45, 7) is 1.97. The van der Waals surface area contributed by atoms with Gasteiger partial charge in [0.1, 0.15) is 5.92 Å². The van der Waals surface area contributed by atoms with E-state index in [1.54, 1.807) is 30.3 Å². The van der Waals surface area contributed by atoms with E-state index in [0.717, 1.165) is 0 Å². The number of carbonyl (C=O) groups excluding carboxylic acids is 3. The topological polar surface area (TPSA) is 113 Å². The van der Waals surface area contributed by atoms with Crippen molar-refractivity contribution >= 4 is 49.4 Å². The molecule has 10 heteroatoms. The number of benzene rings is 2. The fraction of sp³-hybridized carbons (Fsp3) is 0.250. The molecule has 0 aliphatic carbocycles. The van der Waals surface area contributed by atoms with Crippen molar-refractivity contribution in [2.75, 3.05) is 11.4 Å². The van der Waals surface area contributed by atoms with Crippen molar-refractivity contribution in [3.63, 3.8) is 0 Å². The fourth-order valence-electron chi connectivity index (χ4n) is 3.11. The second-order valence-corrected chi connectivity index (χ2v) is 9.34. The van der Waals surface area contributed by atoms with Crippen LogP contribution in [0.1, 0.15) is 18.9 Å². The Hall–Kier alpha value is -2.72. The van der Waals surface area contributed by atoms with Crippen LogP contribution >= 0.6 is 15.9 Å². The van der Waals surface area contributed by atoms with Crippen molar-refractivity contribution < 1.29 is 22.8 Å². The average molecular weight is 494 g/mol. The van der Waals surface area contributed by atoms with E-state index in [9.17, 15) is 22.8 Å². The molecule has 30 heavy (non-hydrogen) atoms. The van der Waals surface area contributed by atoms with E-state index in [-0.39, 0.29) is 23.8 Å². The molecule has 0 aromatic heterocycles. The molecule has 0 unspecified atom stereocenters. The van der Waals surface area contributed by atoms with Crippen LogP contribution in [0.5, 0.6) is 0 Å². The molecule has 1 heterocycles. The smallest absolute Gasteiger partial charge is 0.264 e. The second kappa shape index (κ2) is 8.97. The number of sulfonamides is 1. The maximum Gasteiger partial charge on any atom is 0.264 e. The maximum absolute atomic E-state index is 12.7. The van der Waals surface area contributed by atoms with Crippen LogP contribution in [0.2, 0.25) is 0 Å². The molecule has 2 aromatic rings. The molecule has 1 atom stereocenters. The van der Waals surface area contributed by atoms with Crippen LogP contribution < -0.4 is 14.9 Å². The highest BCUT2D eigenvalue weighted by Crippen LogP contribution is 2.31. The number of amides is 3. The van der Waals surface area contributed by atoms with Crippen molar-refractivity contribution in [1.29, 1.82) is 0 Å². The normalized spacial score (nSPS) is 16.4. The van der Waals surface area contributed by atoms with Gasteiger partial charge in [-0.25, -0.2) is 13.1 Å². The van der Waals surface area contributed by atoms with Gasteiger partial charge in [-0.3, -0.25) is 14.4 Å².